The van der Waals surface area contributed by atoms with Crippen LogP contribution in [0.25, 0.3) is 11.3 Å². The predicted octanol–water partition coefficient (Wildman–Crippen LogP) is 1.85. The summed E-state index contributed by atoms with van der Waals surface area (Å²) < 4.78 is 0. The first-order valence-corrected chi connectivity index (χ1v) is 9.67. The number of aliphatic hydroxyl groups excluding tert-OH is 1. The second kappa shape index (κ2) is 8.99. The van der Waals surface area contributed by atoms with Crippen LogP contribution in [0.1, 0.15) is 54.9 Å². The van der Waals surface area contributed by atoms with Crippen molar-refractivity contribution in [3.05, 3.63) is 57.2 Å². The topological polar surface area (TPSA) is 122 Å². The van der Waals surface area contributed by atoms with Crippen molar-refractivity contribution >= 4 is 0 Å². The summed E-state index contributed by atoms with van der Waals surface area (Å²) >= 11 is 0. The molecule has 0 saturated heterocycles. The van der Waals surface area contributed by atoms with Crippen molar-refractivity contribution in [3.63, 3.8) is 0 Å². The summed E-state index contributed by atoms with van der Waals surface area (Å²) in [5, 5.41) is 18.5. The zero-order valence-electron chi connectivity index (χ0n) is 16.6. The summed E-state index contributed by atoms with van der Waals surface area (Å²) in [5.41, 5.74) is 5.77. The van der Waals surface area contributed by atoms with Gasteiger partial charge in [0, 0.05) is 36.4 Å². The first kappa shape index (κ1) is 20.0. The van der Waals surface area contributed by atoms with E-state index in [4.69, 9.17) is 0 Å². The van der Waals surface area contributed by atoms with Gasteiger partial charge in [-0.1, -0.05) is 20.8 Å². The Balaban J connectivity index is 2.01. The van der Waals surface area contributed by atoms with Crippen molar-refractivity contribution in [1.29, 1.82) is 0 Å². The smallest absolute Gasteiger partial charge is 0.273 e. The quantitative estimate of drug-likeness (QED) is 0.360. The Bertz CT molecular complexity index is 969. The normalized spacial score (nSPS) is 11.5. The molecule has 8 heteroatoms. The lowest BCUT2D eigenvalue weighted by molar-refractivity contribution is 0.276. The van der Waals surface area contributed by atoms with E-state index in [1.165, 1.54) is 11.1 Å². The summed E-state index contributed by atoms with van der Waals surface area (Å²) in [4.78, 5) is 24.3. The second-order valence-corrected chi connectivity index (χ2v) is 7.08. The minimum Gasteiger partial charge on any atom is -0.390 e. The molecule has 0 aromatic carbocycles. The Morgan fingerprint density at radius 1 is 1.21 bits per heavy atom. The molecule has 0 spiro atoms. The van der Waals surface area contributed by atoms with Gasteiger partial charge in [-0.2, -0.15) is 0 Å². The summed E-state index contributed by atoms with van der Waals surface area (Å²) in [7, 11) is 0. The summed E-state index contributed by atoms with van der Waals surface area (Å²) in [5.74, 6) is 0.291. The third kappa shape index (κ3) is 4.07. The number of aromatic nitrogens is 5. The number of aromatic amines is 3. The number of likely N-dealkylation sites (N-methyl/N-ethyl adjacent to an activating group) is 1. The zero-order valence-corrected chi connectivity index (χ0v) is 16.6. The molecule has 0 bridgehead atoms. The minimum atomic E-state index is -0.223. The molecule has 3 aromatic rings. The van der Waals surface area contributed by atoms with E-state index in [1.807, 2.05) is 0 Å². The third-order valence-electron chi connectivity index (χ3n) is 4.87. The fourth-order valence-electron chi connectivity index (χ4n) is 3.69. The number of rotatable bonds is 9. The van der Waals surface area contributed by atoms with E-state index in [9.17, 15) is 9.90 Å². The van der Waals surface area contributed by atoms with Crippen LogP contribution in [0.4, 0.5) is 0 Å². The number of H-pyrrole nitrogens is 3. The van der Waals surface area contributed by atoms with Crippen molar-refractivity contribution in [2.24, 2.45) is 0 Å². The maximum absolute atomic E-state index is 12.0. The monoisotopic (exact) mass is 384 g/mol. The number of hydrogen-bond acceptors (Lipinski definition) is 5. The molecule has 0 saturated carbocycles. The first-order valence-electron chi connectivity index (χ1n) is 9.67. The molecule has 0 aliphatic carbocycles. The second-order valence-electron chi connectivity index (χ2n) is 7.08. The minimum absolute atomic E-state index is 0.0357. The molecule has 0 aliphatic rings. The predicted molar refractivity (Wildman–Crippen MR) is 108 cm³/mol. The van der Waals surface area contributed by atoms with Crippen LogP contribution in [0.5, 0.6) is 0 Å². The van der Waals surface area contributed by atoms with Crippen molar-refractivity contribution in [2.45, 2.75) is 46.1 Å². The molecular formula is C20H28N6O2. The number of hydrogen-bond donors (Lipinski definition) is 5. The van der Waals surface area contributed by atoms with Crippen molar-refractivity contribution < 1.29 is 5.11 Å². The van der Waals surface area contributed by atoms with Gasteiger partial charge in [0.05, 0.1) is 23.6 Å². The average Bonchev–Trinajstić information content (AvgIpc) is 3.26. The van der Waals surface area contributed by atoms with Gasteiger partial charge in [-0.3, -0.25) is 19.9 Å². The standard InChI is InChI=1S/C20H28N6O2/c1-4-21-6-5-13-17(11-27)25-15(18(13)12(2)3)9-16-19(23-8-7-22-16)14-10-24-26-20(14)28/h7-8,10,12,21,25,27H,4-6,9,11H2,1-3H3,(H2,24,26,28). The zero-order chi connectivity index (χ0) is 20.1. The highest BCUT2D eigenvalue weighted by atomic mass is 16.3. The third-order valence-corrected chi connectivity index (χ3v) is 4.87. The van der Waals surface area contributed by atoms with E-state index in [0.29, 0.717) is 23.6 Å². The molecule has 150 valence electrons. The van der Waals surface area contributed by atoms with Crippen LogP contribution in [0.3, 0.4) is 0 Å². The van der Waals surface area contributed by atoms with Gasteiger partial charge in [-0.05, 0) is 36.6 Å². The molecule has 28 heavy (non-hydrogen) atoms. The van der Waals surface area contributed by atoms with E-state index in [0.717, 1.165) is 36.6 Å². The van der Waals surface area contributed by atoms with Gasteiger partial charge in [0.2, 0.25) is 0 Å². The highest BCUT2D eigenvalue weighted by Gasteiger charge is 2.21. The maximum Gasteiger partial charge on any atom is 0.273 e. The highest BCUT2D eigenvalue weighted by molar-refractivity contribution is 5.60. The van der Waals surface area contributed by atoms with E-state index >= 15 is 0 Å². The molecule has 0 amide bonds. The maximum atomic E-state index is 12.0. The number of aliphatic hydroxyl groups is 1. The Morgan fingerprint density at radius 2 is 2.00 bits per heavy atom. The van der Waals surface area contributed by atoms with E-state index in [2.05, 4.69) is 51.2 Å². The van der Waals surface area contributed by atoms with Crippen LogP contribution in [0, 0.1) is 0 Å². The van der Waals surface area contributed by atoms with Crippen LogP contribution in [0.2, 0.25) is 0 Å². The van der Waals surface area contributed by atoms with Gasteiger partial charge in [0.25, 0.3) is 5.56 Å². The largest absolute Gasteiger partial charge is 0.390 e. The first-order chi connectivity index (χ1) is 13.6. The van der Waals surface area contributed by atoms with Gasteiger partial charge in [-0.25, -0.2) is 0 Å². The lowest BCUT2D eigenvalue weighted by Crippen LogP contribution is -2.17. The Morgan fingerprint density at radius 3 is 2.64 bits per heavy atom. The van der Waals surface area contributed by atoms with Crippen molar-refractivity contribution in [2.75, 3.05) is 13.1 Å². The molecule has 0 unspecified atom stereocenters. The molecule has 5 N–H and O–H groups in total. The van der Waals surface area contributed by atoms with Gasteiger partial charge in [-0.15, -0.1) is 0 Å². The summed E-state index contributed by atoms with van der Waals surface area (Å²) in [6.45, 7) is 8.12. The van der Waals surface area contributed by atoms with Crippen LogP contribution in [-0.2, 0) is 19.4 Å². The molecule has 0 radical (unpaired) electrons. The van der Waals surface area contributed by atoms with E-state index in [-0.39, 0.29) is 12.2 Å². The van der Waals surface area contributed by atoms with Gasteiger partial charge < -0.3 is 20.5 Å². The van der Waals surface area contributed by atoms with E-state index < -0.39 is 0 Å². The molecule has 8 nitrogen and oxygen atoms in total. The van der Waals surface area contributed by atoms with Gasteiger partial charge in [0.1, 0.15) is 0 Å². The van der Waals surface area contributed by atoms with Gasteiger partial charge in [0.15, 0.2) is 0 Å². The molecule has 3 rings (SSSR count). The summed E-state index contributed by atoms with van der Waals surface area (Å²) in [6, 6.07) is 0. The number of nitrogens with one attached hydrogen (secondary N) is 4. The summed E-state index contributed by atoms with van der Waals surface area (Å²) in [6.07, 6.45) is 6.18. The fourth-order valence-corrected chi connectivity index (χ4v) is 3.69. The van der Waals surface area contributed by atoms with Crippen LogP contribution in [0.15, 0.2) is 23.4 Å². The number of nitrogens with zero attached hydrogens (tertiary/aromatic N) is 2. The Labute approximate surface area is 163 Å². The lowest BCUT2D eigenvalue weighted by atomic mass is 9.93. The molecule has 3 aromatic heterocycles. The molecule has 0 fully saturated rings. The van der Waals surface area contributed by atoms with Crippen LogP contribution in [-0.4, -0.2) is 43.3 Å². The SMILES string of the molecule is CCNCCc1c(CO)[nH]c(Cc2nccnc2-c2c[nH][nH]c2=O)c1C(C)C. The molecule has 0 aliphatic heterocycles. The Kier molecular flexibility index (Phi) is 6.43. The fraction of sp³-hybridized carbons (Fsp3) is 0.450. The van der Waals surface area contributed by atoms with Crippen molar-refractivity contribution in [1.82, 2.24) is 30.5 Å². The van der Waals surface area contributed by atoms with Crippen LogP contribution < -0.4 is 10.9 Å². The van der Waals surface area contributed by atoms with Crippen molar-refractivity contribution in [3.8, 4) is 11.3 Å². The van der Waals surface area contributed by atoms with E-state index in [1.54, 1.807) is 18.6 Å². The molecule has 3 heterocycles. The average molecular weight is 384 g/mol. The van der Waals surface area contributed by atoms with Gasteiger partial charge >= 0.3 is 0 Å². The van der Waals surface area contributed by atoms with Crippen LogP contribution >= 0.6 is 0 Å². The Hall–Kier alpha value is -2.71. The lowest BCUT2D eigenvalue weighted by Gasteiger charge is -2.13. The molecular weight excluding hydrogens is 356 g/mol. The molecule has 0 atom stereocenters. The highest BCUT2D eigenvalue weighted by Crippen LogP contribution is 2.30.